The van der Waals surface area contributed by atoms with Crippen LogP contribution < -0.4 is 24.6 Å². The van der Waals surface area contributed by atoms with Gasteiger partial charge in [0.15, 0.2) is 0 Å². The summed E-state index contributed by atoms with van der Waals surface area (Å²) < 4.78 is 47.7. The summed E-state index contributed by atoms with van der Waals surface area (Å²) in [7, 11) is -4.61. The van der Waals surface area contributed by atoms with Crippen molar-refractivity contribution in [3.8, 4) is 11.8 Å². The lowest BCUT2D eigenvalue weighted by Gasteiger charge is -2.56. The molecule has 3 aromatic heterocycles. The smallest absolute Gasteiger partial charge is 0.316 e. The first-order chi connectivity index (χ1) is 32.9. The molecule has 1 amide bonds. The zero-order chi connectivity index (χ0) is 46.7. The molecule has 0 bridgehead atoms. The molecule has 4 fully saturated rings. The lowest BCUT2D eigenvalue weighted by molar-refractivity contribution is -0.384. The topological polar surface area (TPSA) is 188 Å². The normalized spacial score (nSPS) is 19.7. The Kier molecular flexibility index (Phi) is 11.4. The van der Waals surface area contributed by atoms with Crippen LogP contribution in [0.5, 0.6) is 11.8 Å². The third-order valence-corrected chi connectivity index (χ3v) is 16.4. The van der Waals surface area contributed by atoms with E-state index in [1.165, 1.54) is 55.2 Å². The maximum atomic E-state index is 14.6. The molecule has 5 aliphatic rings. The van der Waals surface area contributed by atoms with Crippen LogP contribution in [0.25, 0.3) is 11.0 Å². The molecular weight excluding hydrogens is 885 g/mol. The van der Waals surface area contributed by atoms with Crippen LogP contribution in [-0.2, 0) is 14.8 Å². The fraction of sp³-hybridized carbons (Fsp3) is 0.412. The van der Waals surface area contributed by atoms with Crippen molar-refractivity contribution in [2.45, 2.75) is 88.1 Å². The van der Waals surface area contributed by atoms with Gasteiger partial charge in [0.2, 0.25) is 5.88 Å². The number of likely N-dealkylation sites (tertiary alicyclic amines) is 1. The molecule has 4 aliphatic heterocycles. The Hall–Kier alpha value is -6.43. The van der Waals surface area contributed by atoms with E-state index < -0.39 is 31.4 Å². The van der Waals surface area contributed by atoms with Gasteiger partial charge in [0.05, 0.1) is 27.3 Å². The third kappa shape index (κ3) is 8.13. The van der Waals surface area contributed by atoms with Crippen molar-refractivity contribution >= 4 is 61.1 Å². The van der Waals surface area contributed by atoms with Crippen LogP contribution in [-0.4, -0.2) is 79.6 Å². The maximum Gasteiger partial charge on any atom is 0.316 e. The van der Waals surface area contributed by atoms with Gasteiger partial charge in [-0.05, 0) is 129 Å². The van der Waals surface area contributed by atoms with E-state index in [9.17, 15) is 23.3 Å². The van der Waals surface area contributed by atoms with Crippen LogP contribution in [0.15, 0.2) is 101 Å². The first-order valence-corrected chi connectivity index (χ1v) is 25.4. The number of rotatable bonds is 12. The summed E-state index contributed by atoms with van der Waals surface area (Å²) in [6, 6.07) is 24.6. The lowest BCUT2D eigenvalue weighted by atomic mass is 9.59. The van der Waals surface area contributed by atoms with Crippen LogP contribution >= 0.6 is 0 Å². The molecule has 11 rings (SSSR count). The van der Waals surface area contributed by atoms with Crippen LogP contribution in [0.3, 0.4) is 0 Å². The number of nitro groups is 1. The number of nitro benzene ring substituents is 1. The average Bonchev–Trinajstić information content (AvgIpc) is 4.13. The Morgan fingerprint density at radius 3 is 2.56 bits per heavy atom. The van der Waals surface area contributed by atoms with Crippen molar-refractivity contribution in [1.29, 1.82) is 0 Å². The maximum absolute atomic E-state index is 14.6. The van der Waals surface area contributed by atoms with Gasteiger partial charge in [-0.3, -0.25) is 24.7 Å². The molecule has 6 aromatic rings. The Balaban J connectivity index is 0.870. The molecule has 1 spiro atoms. The van der Waals surface area contributed by atoms with Crippen LogP contribution in [0.2, 0.25) is 0 Å². The number of H-pyrrole nitrogens is 1. The number of hydrogen-bond donors (Lipinski definition) is 3. The number of hydrogen-bond acceptors (Lipinski definition) is 13. The van der Waals surface area contributed by atoms with Crippen LogP contribution in [0, 0.1) is 21.4 Å². The van der Waals surface area contributed by atoms with Crippen LogP contribution in [0.1, 0.15) is 98.7 Å². The van der Waals surface area contributed by atoms with Gasteiger partial charge in [-0.15, -0.1) is 0 Å². The van der Waals surface area contributed by atoms with E-state index in [1.54, 1.807) is 18.3 Å². The minimum Gasteiger partial charge on any atom is -0.432 e. The largest absolute Gasteiger partial charge is 0.432 e. The SMILES string of the molecule is CC(C)c1ccccc1[C@@H]1CCCN1C1CC2(CCN(c3ccc(C(=O)NS(=O)(=O)c4ccc(NCC5CCOCC5)c([N+](=O)[O-])c4)c(N4c5cc6cc[nH]c6nc5Oc5occc54)c3)CC2)C1. The van der Waals surface area contributed by atoms with Gasteiger partial charge in [-0.2, -0.15) is 4.98 Å². The summed E-state index contributed by atoms with van der Waals surface area (Å²) in [6.07, 6.45) is 11.8. The van der Waals surface area contributed by atoms with E-state index in [2.05, 4.69) is 62.9 Å². The van der Waals surface area contributed by atoms with E-state index in [0.29, 0.717) is 60.5 Å². The molecule has 354 valence electrons. The van der Waals surface area contributed by atoms with Crippen molar-refractivity contribution in [2.24, 2.45) is 11.3 Å². The molecule has 68 heavy (non-hydrogen) atoms. The second kappa shape index (κ2) is 17.6. The number of furan rings is 1. The van der Waals surface area contributed by atoms with Gasteiger partial charge >= 0.3 is 5.95 Å². The molecule has 0 radical (unpaired) electrons. The molecule has 3 N–H and O–H groups in total. The standard InChI is InChI=1S/C51H56N8O8S/c1-32(2)38-6-3-4-7-39(38)42-8-5-20-57(42)36-29-51(30-36)17-21-56(22-18-51)35-9-11-40(44(27-35)58-43-16-25-66-50(43)67-49-46(58)26-34-13-19-52-47(34)54-49)48(60)55-68(63,64)37-10-12-41(45(28-37)59(61)62)53-31-33-14-23-65-24-15-33/h3-4,6-7,9-13,16,19,25-28,32-33,36,42,53H,5,8,14-15,17-18,20-24,29-31H2,1-2H3,(H,52,54)(H,55,60)/t42-/m0/s1. The molecular formula is C51H56N8O8S. The minimum atomic E-state index is -4.61. The number of sulfonamides is 1. The summed E-state index contributed by atoms with van der Waals surface area (Å²) in [6.45, 7) is 9.10. The van der Waals surface area contributed by atoms with E-state index in [0.717, 1.165) is 62.5 Å². The highest BCUT2D eigenvalue weighted by Crippen LogP contribution is 2.56. The second-order valence-electron chi connectivity index (χ2n) is 19.5. The second-order valence-corrected chi connectivity index (χ2v) is 21.2. The molecule has 1 saturated carbocycles. The van der Waals surface area contributed by atoms with Gasteiger partial charge in [0.25, 0.3) is 21.6 Å². The van der Waals surface area contributed by atoms with Crippen molar-refractivity contribution in [2.75, 3.05) is 54.5 Å². The zero-order valence-corrected chi connectivity index (χ0v) is 39.1. The number of aromatic nitrogens is 2. The summed E-state index contributed by atoms with van der Waals surface area (Å²) in [5, 5.41) is 16.2. The third-order valence-electron chi connectivity index (χ3n) is 15.1. The monoisotopic (exact) mass is 940 g/mol. The van der Waals surface area contributed by atoms with E-state index in [1.807, 2.05) is 29.2 Å². The predicted octanol–water partition coefficient (Wildman–Crippen LogP) is 10.3. The van der Waals surface area contributed by atoms with Crippen molar-refractivity contribution in [1.82, 2.24) is 19.6 Å². The van der Waals surface area contributed by atoms with E-state index in [4.69, 9.17) is 18.9 Å². The number of ether oxygens (including phenoxy) is 2. The Morgan fingerprint density at radius 1 is 0.956 bits per heavy atom. The molecule has 1 atom stereocenters. The summed E-state index contributed by atoms with van der Waals surface area (Å²) in [5.74, 6) is 0.224. The highest BCUT2D eigenvalue weighted by atomic mass is 32.2. The van der Waals surface area contributed by atoms with E-state index in [-0.39, 0.29) is 34.4 Å². The molecule has 3 aromatic carbocycles. The quantitative estimate of drug-likeness (QED) is 0.0776. The number of carbonyl (C=O) groups excluding carboxylic acids is 1. The first kappa shape index (κ1) is 44.1. The van der Waals surface area contributed by atoms with Crippen molar-refractivity contribution in [3.05, 3.63) is 118 Å². The molecule has 17 heteroatoms. The van der Waals surface area contributed by atoms with E-state index >= 15 is 0 Å². The summed E-state index contributed by atoms with van der Waals surface area (Å²) in [4.78, 5) is 40.6. The molecule has 7 heterocycles. The fourth-order valence-electron chi connectivity index (χ4n) is 11.4. The van der Waals surface area contributed by atoms with Gasteiger partial charge in [-0.25, -0.2) is 13.1 Å². The number of benzene rings is 3. The van der Waals surface area contributed by atoms with Gasteiger partial charge < -0.3 is 29.1 Å². The Labute approximate surface area is 395 Å². The minimum absolute atomic E-state index is 0.0465. The number of fused-ring (bicyclic) bond motifs is 3. The molecule has 3 saturated heterocycles. The zero-order valence-electron chi connectivity index (χ0n) is 38.3. The number of piperidine rings is 1. The fourth-order valence-corrected chi connectivity index (χ4v) is 12.4. The Bertz CT molecular complexity index is 3000. The summed E-state index contributed by atoms with van der Waals surface area (Å²) in [5.41, 5.74) is 5.93. The number of amides is 1. The number of nitrogens with one attached hydrogen (secondary N) is 3. The Morgan fingerprint density at radius 2 is 1.76 bits per heavy atom. The predicted molar refractivity (Wildman–Crippen MR) is 259 cm³/mol. The van der Waals surface area contributed by atoms with Crippen molar-refractivity contribution < 1.29 is 32.0 Å². The first-order valence-electron chi connectivity index (χ1n) is 23.9. The van der Waals surface area contributed by atoms with Crippen LogP contribution in [0.4, 0.5) is 34.1 Å². The molecule has 1 aliphatic carbocycles. The number of aromatic amines is 1. The van der Waals surface area contributed by atoms with Crippen molar-refractivity contribution in [3.63, 3.8) is 0 Å². The number of nitrogens with zero attached hydrogens (tertiary/aromatic N) is 5. The number of anilines is 5. The summed E-state index contributed by atoms with van der Waals surface area (Å²) >= 11 is 0. The van der Waals surface area contributed by atoms with Gasteiger partial charge in [-0.1, -0.05) is 38.1 Å². The van der Waals surface area contributed by atoms with Gasteiger partial charge in [0, 0.05) is 74.3 Å². The molecule has 0 unspecified atom stereocenters. The average molecular weight is 941 g/mol. The van der Waals surface area contributed by atoms with Gasteiger partial charge in [0.1, 0.15) is 22.7 Å². The number of carbonyl (C=O) groups is 1. The molecule has 16 nitrogen and oxygen atoms in total. The highest BCUT2D eigenvalue weighted by molar-refractivity contribution is 7.90. The lowest BCUT2D eigenvalue weighted by Crippen LogP contribution is -2.55. The number of pyridine rings is 1. The highest BCUT2D eigenvalue weighted by Gasteiger charge is 2.50.